The van der Waals surface area contributed by atoms with E-state index in [-0.39, 0.29) is 17.1 Å². The molecule has 192 valence electrons. The first-order valence-corrected chi connectivity index (χ1v) is 13.1. The fraction of sp³-hybridized carbons (Fsp3) is 0.586. The van der Waals surface area contributed by atoms with Gasteiger partial charge in [-0.25, -0.2) is 0 Å². The van der Waals surface area contributed by atoms with Crippen molar-refractivity contribution in [2.45, 2.75) is 89.8 Å². The van der Waals surface area contributed by atoms with Crippen LogP contribution in [0, 0.1) is 17.8 Å². The van der Waals surface area contributed by atoms with E-state index in [2.05, 4.69) is 11.7 Å². The van der Waals surface area contributed by atoms with Gasteiger partial charge in [0.25, 0.3) is 0 Å². The summed E-state index contributed by atoms with van der Waals surface area (Å²) < 4.78 is 63.0. The Balaban J connectivity index is 1.28. The van der Waals surface area contributed by atoms with Crippen molar-refractivity contribution in [2.75, 3.05) is 0 Å². The summed E-state index contributed by atoms with van der Waals surface area (Å²) in [6, 6.07) is 11.2. The number of alkyl halides is 4. The van der Waals surface area contributed by atoms with E-state index >= 15 is 0 Å². The van der Waals surface area contributed by atoms with Gasteiger partial charge in [0.1, 0.15) is 11.5 Å². The zero-order valence-corrected chi connectivity index (χ0v) is 20.4. The lowest BCUT2D eigenvalue weighted by Crippen LogP contribution is -2.25. The Bertz CT molecular complexity index is 897. The van der Waals surface area contributed by atoms with Crippen LogP contribution in [0.4, 0.5) is 17.6 Å². The zero-order chi connectivity index (χ0) is 24.8. The monoisotopic (exact) mass is 492 g/mol. The minimum Gasteiger partial charge on any atom is -0.435 e. The lowest BCUT2D eigenvalue weighted by molar-refractivity contribution is -0.185. The van der Waals surface area contributed by atoms with Crippen LogP contribution in [-0.2, 0) is 6.11 Å². The predicted molar refractivity (Wildman–Crippen MR) is 129 cm³/mol. The fourth-order valence-corrected chi connectivity index (χ4v) is 6.13. The summed E-state index contributed by atoms with van der Waals surface area (Å²) in [4.78, 5) is 0. The van der Waals surface area contributed by atoms with Crippen molar-refractivity contribution in [3.05, 3.63) is 59.7 Å². The number of halogens is 4. The van der Waals surface area contributed by atoms with Crippen LogP contribution >= 0.6 is 0 Å². The molecule has 0 heterocycles. The molecule has 2 fully saturated rings. The second-order valence-corrected chi connectivity index (χ2v) is 10.3. The van der Waals surface area contributed by atoms with E-state index in [1.807, 2.05) is 0 Å². The predicted octanol–water partition coefficient (Wildman–Crippen LogP) is 9.30. The first-order chi connectivity index (χ1) is 16.8. The molecule has 6 heteroatoms. The molecule has 2 aliphatic rings. The van der Waals surface area contributed by atoms with Crippen LogP contribution in [0.5, 0.6) is 11.5 Å². The summed E-state index contributed by atoms with van der Waals surface area (Å²) in [6.45, 7) is -0.689. The molecule has 0 bridgehead atoms. The third-order valence-electron chi connectivity index (χ3n) is 8.04. The Kier molecular flexibility index (Phi) is 8.61. The SMILES string of the molecule is CCC[C@H]1CC[C@H](C2CCC(c3ccc(C(F)(F)Oc4ccc(OC(F)F)cc4)cc3)CC2)CC1. The van der Waals surface area contributed by atoms with Crippen molar-refractivity contribution in [3.63, 3.8) is 0 Å². The Morgan fingerprint density at radius 3 is 1.86 bits per heavy atom. The quantitative estimate of drug-likeness (QED) is 0.325. The van der Waals surface area contributed by atoms with Crippen LogP contribution in [0.25, 0.3) is 0 Å². The zero-order valence-electron chi connectivity index (χ0n) is 20.4. The molecule has 0 spiro atoms. The normalized spacial score (nSPS) is 25.4. The van der Waals surface area contributed by atoms with E-state index in [0.717, 1.165) is 36.2 Å². The Morgan fingerprint density at radius 2 is 1.31 bits per heavy atom. The van der Waals surface area contributed by atoms with Gasteiger partial charge in [0.2, 0.25) is 0 Å². The van der Waals surface area contributed by atoms with Gasteiger partial charge in [-0.3, -0.25) is 0 Å². The molecule has 0 amide bonds. The fourth-order valence-electron chi connectivity index (χ4n) is 6.13. The molecular weight excluding hydrogens is 456 g/mol. The van der Waals surface area contributed by atoms with Gasteiger partial charge in [-0.15, -0.1) is 0 Å². The number of hydrogen-bond donors (Lipinski definition) is 0. The van der Waals surface area contributed by atoms with Crippen LogP contribution in [0.3, 0.4) is 0 Å². The lowest BCUT2D eigenvalue weighted by Gasteiger charge is -2.38. The molecule has 2 aliphatic carbocycles. The Labute approximate surface area is 206 Å². The molecule has 2 saturated carbocycles. The summed E-state index contributed by atoms with van der Waals surface area (Å²) in [5.41, 5.74) is 0.884. The lowest BCUT2D eigenvalue weighted by atomic mass is 9.68. The maximum Gasteiger partial charge on any atom is 0.426 e. The molecule has 0 radical (unpaired) electrons. The molecule has 35 heavy (non-hydrogen) atoms. The van der Waals surface area contributed by atoms with Crippen LogP contribution < -0.4 is 9.47 Å². The standard InChI is InChI=1S/C29H36F4O2/c1-2-3-20-4-6-21(7-5-20)22-8-10-23(11-9-22)24-12-14-25(15-13-24)29(32,33)35-27-18-16-26(17-19-27)34-28(30)31/h12-23,28H,2-11H2,1H3/t20-,21-,22?,23?. The van der Waals surface area contributed by atoms with Gasteiger partial charge in [-0.05, 0) is 104 Å². The molecule has 0 unspecified atom stereocenters. The molecule has 2 aromatic carbocycles. The van der Waals surface area contributed by atoms with Crippen LogP contribution in [0.15, 0.2) is 48.5 Å². The van der Waals surface area contributed by atoms with Gasteiger partial charge in [0.15, 0.2) is 0 Å². The molecule has 0 aliphatic heterocycles. The minimum absolute atomic E-state index is 0.112. The van der Waals surface area contributed by atoms with Gasteiger partial charge >= 0.3 is 12.7 Å². The number of rotatable bonds is 9. The Morgan fingerprint density at radius 1 is 0.771 bits per heavy atom. The van der Waals surface area contributed by atoms with Crippen LogP contribution in [0.1, 0.15) is 88.2 Å². The average Bonchev–Trinajstić information content (AvgIpc) is 2.86. The van der Waals surface area contributed by atoms with Crippen molar-refractivity contribution in [2.24, 2.45) is 17.8 Å². The molecule has 0 aromatic heterocycles. The van der Waals surface area contributed by atoms with Gasteiger partial charge in [-0.1, -0.05) is 44.7 Å². The topological polar surface area (TPSA) is 18.5 Å². The third-order valence-corrected chi connectivity index (χ3v) is 8.04. The van der Waals surface area contributed by atoms with Crippen molar-refractivity contribution in [1.29, 1.82) is 0 Å². The van der Waals surface area contributed by atoms with Crippen molar-refractivity contribution in [1.82, 2.24) is 0 Å². The summed E-state index contributed by atoms with van der Waals surface area (Å²) in [5.74, 6) is 2.82. The second-order valence-electron chi connectivity index (χ2n) is 10.3. The van der Waals surface area contributed by atoms with E-state index < -0.39 is 12.7 Å². The maximum absolute atomic E-state index is 14.7. The highest BCUT2D eigenvalue weighted by molar-refractivity contribution is 5.33. The molecule has 4 rings (SSSR count). The van der Waals surface area contributed by atoms with Gasteiger partial charge < -0.3 is 9.47 Å². The van der Waals surface area contributed by atoms with E-state index in [1.54, 1.807) is 12.1 Å². The highest BCUT2D eigenvalue weighted by atomic mass is 19.3. The number of hydrogen-bond acceptors (Lipinski definition) is 2. The Hall–Kier alpha value is -2.24. The van der Waals surface area contributed by atoms with E-state index in [1.165, 1.54) is 87.8 Å². The molecule has 0 saturated heterocycles. The summed E-state index contributed by atoms with van der Waals surface area (Å²) in [7, 11) is 0. The van der Waals surface area contributed by atoms with Gasteiger partial charge in [-0.2, -0.15) is 17.6 Å². The third kappa shape index (κ3) is 6.92. The summed E-state index contributed by atoms with van der Waals surface area (Å²) in [6.07, 6.45) is 9.41. The molecule has 0 atom stereocenters. The highest BCUT2D eigenvalue weighted by Crippen LogP contribution is 2.45. The first-order valence-electron chi connectivity index (χ1n) is 13.1. The van der Waals surface area contributed by atoms with Crippen molar-refractivity contribution < 1.29 is 27.0 Å². The number of benzene rings is 2. The average molecular weight is 493 g/mol. The largest absolute Gasteiger partial charge is 0.435 e. The first kappa shape index (κ1) is 25.8. The molecule has 2 nitrogen and oxygen atoms in total. The molecule has 0 N–H and O–H groups in total. The number of ether oxygens (including phenoxy) is 2. The summed E-state index contributed by atoms with van der Waals surface area (Å²) in [5, 5.41) is 0. The summed E-state index contributed by atoms with van der Waals surface area (Å²) >= 11 is 0. The van der Waals surface area contributed by atoms with E-state index in [9.17, 15) is 17.6 Å². The van der Waals surface area contributed by atoms with Crippen LogP contribution in [0.2, 0.25) is 0 Å². The van der Waals surface area contributed by atoms with E-state index in [4.69, 9.17) is 4.74 Å². The van der Waals surface area contributed by atoms with Gasteiger partial charge in [0, 0.05) is 0 Å². The van der Waals surface area contributed by atoms with Crippen LogP contribution in [-0.4, -0.2) is 6.61 Å². The van der Waals surface area contributed by atoms with Gasteiger partial charge in [0.05, 0.1) is 5.56 Å². The smallest absolute Gasteiger partial charge is 0.426 e. The van der Waals surface area contributed by atoms with Crippen molar-refractivity contribution >= 4 is 0 Å². The molecular formula is C29H36F4O2. The van der Waals surface area contributed by atoms with Crippen molar-refractivity contribution in [3.8, 4) is 11.5 Å². The second kappa shape index (κ2) is 11.7. The molecule has 2 aromatic rings. The minimum atomic E-state index is -3.53. The maximum atomic E-state index is 14.7. The van der Waals surface area contributed by atoms with E-state index in [0.29, 0.717) is 5.92 Å². The highest BCUT2D eigenvalue weighted by Gasteiger charge is 2.35.